The van der Waals surface area contributed by atoms with Gasteiger partial charge in [0.1, 0.15) is 0 Å². The molecule has 1 fully saturated rings. The van der Waals surface area contributed by atoms with Gasteiger partial charge in [-0.3, -0.25) is 9.89 Å². The number of nitrogens with two attached hydrogens (primary N) is 1. The van der Waals surface area contributed by atoms with Crippen LogP contribution in [0.4, 0.5) is 10.5 Å². The molecular formula is C18H23N5O2. The Bertz CT molecular complexity index is 791. The van der Waals surface area contributed by atoms with Crippen molar-refractivity contribution in [1.29, 1.82) is 0 Å². The van der Waals surface area contributed by atoms with Gasteiger partial charge >= 0.3 is 6.03 Å². The molecule has 1 aliphatic rings. The summed E-state index contributed by atoms with van der Waals surface area (Å²) < 4.78 is 0. The van der Waals surface area contributed by atoms with Crippen LogP contribution in [0.2, 0.25) is 0 Å². The second-order valence-corrected chi connectivity index (χ2v) is 6.54. The summed E-state index contributed by atoms with van der Waals surface area (Å²) in [5.74, 6) is -0.0214. The van der Waals surface area contributed by atoms with Gasteiger partial charge in [0.15, 0.2) is 0 Å². The molecule has 0 aliphatic carbocycles. The van der Waals surface area contributed by atoms with Crippen LogP contribution in [-0.4, -0.2) is 40.1 Å². The SMILES string of the molecule is Cc1cc(NC(=O)N2CCC(c3cn[nH]c3C)CC2)ccc1C(N)=O. The van der Waals surface area contributed by atoms with E-state index >= 15 is 0 Å². The van der Waals surface area contributed by atoms with E-state index in [-0.39, 0.29) is 6.03 Å². The second-order valence-electron chi connectivity index (χ2n) is 6.54. The van der Waals surface area contributed by atoms with E-state index < -0.39 is 5.91 Å². The number of likely N-dealkylation sites (tertiary alicyclic amines) is 1. The quantitative estimate of drug-likeness (QED) is 0.799. The van der Waals surface area contributed by atoms with Crippen LogP contribution < -0.4 is 11.1 Å². The molecule has 132 valence electrons. The number of hydrogen-bond donors (Lipinski definition) is 3. The maximum atomic E-state index is 12.5. The molecule has 0 spiro atoms. The fraction of sp³-hybridized carbons (Fsp3) is 0.389. The average molecular weight is 341 g/mol. The largest absolute Gasteiger partial charge is 0.366 e. The van der Waals surface area contributed by atoms with Gasteiger partial charge in [-0.2, -0.15) is 5.10 Å². The molecular weight excluding hydrogens is 318 g/mol. The van der Waals surface area contributed by atoms with E-state index in [0.717, 1.165) is 24.1 Å². The number of aromatic nitrogens is 2. The van der Waals surface area contributed by atoms with Crippen LogP contribution in [0.5, 0.6) is 0 Å². The lowest BCUT2D eigenvalue weighted by molar-refractivity contribution is 0.0999. The number of urea groups is 1. The van der Waals surface area contributed by atoms with Crippen molar-refractivity contribution in [3.63, 3.8) is 0 Å². The maximum Gasteiger partial charge on any atom is 0.321 e. The first-order chi connectivity index (χ1) is 12.0. The molecule has 3 rings (SSSR count). The summed E-state index contributed by atoms with van der Waals surface area (Å²) in [6.07, 6.45) is 3.74. The van der Waals surface area contributed by atoms with Crippen LogP contribution in [0.1, 0.15) is 45.9 Å². The molecule has 4 N–H and O–H groups in total. The number of piperidine rings is 1. The summed E-state index contributed by atoms with van der Waals surface area (Å²) >= 11 is 0. The minimum atomic E-state index is -0.466. The van der Waals surface area contributed by atoms with Crippen LogP contribution in [0.25, 0.3) is 0 Å². The molecule has 3 amide bonds. The van der Waals surface area contributed by atoms with Crippen molar-refractivity contribution < 1.29 is 9.59 Å². The van der Waals surface area contributed by atoms with Crippen LogP contribution in [0, 0.1) is 13.8 Å². The molecule has 2 heterocycles. The van der Waals surface area contributed by atoms with E-state index in [4.69, 9.17) is 5.73 Å². The zero-order valence-electron chi connectivity index (χ0n) is 14.5. The topological polar surface area (TPSA) is 104 Å². The van der Waals surface area contributed by atoms with E-state index in [0.29, 0.717) is 30.3 Å². The summed E-state index contributed by atoms with van der Waals surface area (Å²) in [5, 5.41) is 9.95. The molecule has 0 atom stereocenters. The van der Waals surface area contributed by atoms with Gasteiger partial charge in [-0.1, -0.05) is 0 Å². The minimum Gasteiger partial charge on any atom is -0.366 e. The summed E-state index contributed by atoms with van der Waals surface area (Å²) in [5.41, 5.74) is 9.54. The number of hydrogen-bond acceptors (Lipinski definition) is 3. The number of anilines is 1. The number of aryl methyl sites for hydroxylation is 2. The Labute approximate surface area is 146 Å². The third-order valence-electron chi connectivity index (χ3n) is 4.83. The molecule has 1 aromatic carbocycles. The maximum absolute atomic E-state index is 12.5. The van der Waals surface area contributed by atoms with E-state index in [1.165, 1.54) is 5.56 Å². The fourth-order valence-corrected chi connectivity index (χ4v) is 3.39. The van der Waals surface area contributed by atoms with E-state index in [1.807, 2.05) is 18.0 Å². The number of carbonyl (C=O) groups excluding carboxylic acids is 2. The van der Waals surface area contributed by atoms with Gasteiger partial charge in [0, 0.05) is 30.0 Å². The average Bonchev–Trinajstić information content (AvgIpc) is 3.00. The normalized spacial score (nSPS) is 15.2. The van der Waals surface area contributed by atoms with Gasteiger partial charge < -0.3 is 16.0 Å². The van der Waals surface area contributed by atoms with E-state index in [9.17, 15) is 9.59 Å². The Balaban J connectivity index is 1.59. The standard InChI is InChI=1S/C18H23N5O2/c1-11-9-14(3-4-15(11)17(19)24)21-18(25)23-7-5-13(6-8-23)16-10-20-22-12(16)2/h3-4,9-10,13H,5-8H2,1-2H3,(H2,19,24)(H,20,22)(H,21,25). The third-order valence-corrected chi connectivity index (χ3v) is 4.83. The molecule has 1 aliphatic heterocycles. The highest BCUT2D eigenvalue weighted by Gasteiger charge is 2.25. The van der Waals surface area contributed by atoms with Gasteiger partial charge in [-0.05, 0) is 61.9 Å². The number of nitrogens with one attached hydrogen (secondary N) is 2. The zero-order chi connectivity index (χ0) is 18.0. The summed E-state index contributed by atoms with van der Waals surface area (Å²) in [6, 6.07) is 4.99. The van der Waals surface area contributed by atoms with Crippen molar-refractivity contribution in [2.45, 2.75) is 32.6 Å². The Morgan fingerprint density at radius 1 is 1.28 bits per heavy atom. The van der Waals surface area contributed by atoms with Crippen molar-refractivity contribution in [1.82, 2.24) is 15.1 Å². The second kappa shape index (κ2) is 6.96. The summed E-state index contributed by atoms with van der Waals surface area (Å²) in [7, 11) is 0. The smallest absolute Gasteiger partial charge is 0.321 e. The van der Waals surface area contributed by atoms with Crippen molar-refractivity contribution in [2.75, 3.05) is 18.4 Å². The number of aromatic amines is 1. The molecule has 25 heavy (non-hydrogen) atoms. The molecule has 0 radical (unpaired) electrons. The number of nitrogens with zero attached hydrogens (tertiary/aromatic N) is 2. The van der Waals surface area contributed by atoms with Gasteiger partial charge in [0.2, 0.25) is 5.91 Å². The van der Waals surface area contributed by atoms with Crippen LogP contribution in [-0.2, 0) is 0 Å². The van der Waals surface area contributed by atoms with Gasteiger partial charge in [0.05, 0.1) is 6.20 Å². The van der Waals surface area contributed by atoms with Crippen molar-refractivity contribution in [3.8, 4) is 0 Å². The lowest BCUT2D eigenvalue weighted by atomic mass is 9.90. The molecule has 2 aromatic rings. The Morgan fingerprint density at radius 3 is 2.56 bits per heavy atom. The Hall–Kier alpha value is -2.83. The van der Waals surface area contributed by atoms with Gasteiger partial charge in [-0.15, -0.1) is 0 Å². The fourth-order valence-electron chi connectivity index (χ4n) is 3.39. The zero-order valence-corrected chi connectivity index (χ0v) is 14.5. The predicted octanol–water partition coefficient (Wildman–Crippen LogP) is 2.54. The van der Waals surface area contributed by atoms with Crippen molar-refractivity contribution in [2.24, 2.45) is 5.73 Å². The van der Waals surface area contributed by atoms with Crippen LogP contribution in [0.3, 0.4) is 0 Å². The van der Waals surface area contributed by atoms with Crippen molar-refractivity contribution >= 4 is 17.6 Å². The molecule has 0 bridgehead atoms. The molecule has 0 unspecified atom stereocenters. The Kier molecular flexibility index (Phi) is 4.74. The number of rotatable bonds is 3. The van der Waals surface area contributed by atoms with E-state index in [2.05, 4.69) is 15.5 Å². The van der Waals surface area contributed by atoms with Crippen LogP contribution in [0.15, 0.2) is 24.4 Å². The Morgan fingerprint density at radius 2 is 2.00 bits per heavy atom. The highest BCUT2D eigenvalue weighted by atomic mass is 16.2. The predicted molar refractivity (Wildman–Crippen MR) is 95.6 cm³/mol. The highest BCUT2D eigenvalue weighted by Crippen LogP contribution is 2.29. The first-order valence-electron chi connectivity index (χ1n) is 8.42. The monoisotopic (exact) mass is 341 g/mol. The first-order valence-corrected chi connectivity index (χ1v) is 8.42. The van der Waals surface area contributed by atoms with Crippen molar-refractivity contribution in [3.05, 3.63) is 46.8 Å². The van der Waals surface area contributed by atoms with Crippen LogP contribution >= 0.6 is 0 Å². The van der Waals surface area contributed by atoms with E-state index in [1.54, 1.807) is 25.1 Å². The molecule has 0 saturated carbocycles. The molecule has 7 heteroatoms. The number of benzene rings is 1. The lowest BCUT2D eigenvalue weighted by Gasteiger charge is -2.32. The molecule has 1 saturated heterocycles. The number of H-pyrrole nitrogens is 1. The summed E-state index contributed by atoms with van der Waals surface area (Å²) in [4.78, 5) is 25.6. The summed E-state index contributed by atoms with van der Waals surface area (Å²) in [6.45, 7) is 5.24. The first kappa shape index (κ1) is 17.0. The number of primary amides is 1. The van der Waals surface area contributed by atoms with Gasteiger partial charge in [-0.25, -0.2) is 4.79 Å². The highest BCUT2D eigenvalue weighted by molar-refractivity contribution is 5.96. The number of carbonyl (C=O) groups is 2. The third kappa shape index (κ3) is 3.65. The number of amides is 3. The lowest BCUT2D eigenvalue weighted by Crippen LogP contribution is -2.40. The molecule has 7 nitrogen and oxygen atoms in total. The van der Waals surface area contributed by atoms with Gasteiger partial charge in [0.25, 0.3) is 0 Å². The minimum absolute atomic E-state index is 0.117. The molecule has 1 aromatic heterocycles.